The van der Waals surface area contributed by atoms with Crippen molar-refractivity contribution in [1.82, 2.24) is 4.98 Å². The van der Waals surface area contributed by atoms with Crippen LogP contribution in [-0.2, 0) is 0 Å². The Bertz CT molecular complexity index is 550. The van der Waals surface area contributed by atoms with E-state index in [4.69, 9.17) is 5.26 Å². The lowest BCUT2D eigenvalue weighted by atomic mass is 9.95. The second kappa shape index (κ2) is 4.82. The molecule has 1 atom stereocenters. The topological polar surface area (TPSA) is 103 Å². The first-order valence-corrected chi connectivity index (χ1v) is 5.95. The van der Waals surface area contributed by atoms with Crippen molar-refractivity contribution in [3.05, 3.63) is 27.9 Å². The van der Waals surface area contributed by atoms with Gasteiger partial charge in [-0.3, -0.25) is 10.1 Å². The van der Waals surface area contributed by atoms with Crippen molar-refractivity contribution in [2.75, 3.05) is 18.0 Å². The van der Waals surface area contributed by atoms with Gasteiger partial charge in [0, 0.05) is 19.2 Å². The number of pyridine rings is 1. The molecule has 2 heterocycles. The van der Waals surface area contributed by atoms with Crippen LogP contribution >= 0.6 is 0 Å². The maximum Gasteiger partial charge on any atom is 0.289 e. The molecule has 7 nitrogen and oxygen atoms in total. The van der Waals surface area contributed by atoms with Crippen LogP contribution in [0.3, 0.4) is 0 Å². The summed E-state index contributed by atoms with van der Waals surface area (Å²) in [6.07, 6.45) is 2.62. The molecular formula is C12H14N4O3. The number of nitriles is 1. The summed E-state index contributed by atoms with van der Waals surface area (Å²) >= 11 is 0. The molecule has 19 heavy (non-hydrogen) atoms. The second-order valence-electron chi connectivity index (χ2n) is 4.96. The van der Waals surface area contributed by atoms with Crippen LogP contribution in [0.2, 0.25) is 0 Å². The third kappa shape index (κ3) is 2.80. The van der Waals surface area contributed by atoms with Crippen LogP contribution in [-0.4, -0.2) is 33.7 Å². The van der Waals surface area contributed by atoms with E-state index in [1.54, 1.807) is 11.8 Å². The molecule has 1 aromatic heterocycles. The van der Waals surface area contributed by atoms with Gasteiger partial charge in [0.05, 0.1) is 10.5 Å². The van der Waals surface area contributed by atoms with E-state index in [9.17, 15) is 15.2 Å². The van der Waals surface area contributed by atoms with E-state index >= 15 is 0 Å². The Hall–Kier alpha value is -2.20. The zero-order chi connectivity index (χ0) is 14.0. The molecule has 2 rings (SSSR count). The molecule has 1 N–H and O–H groups in total. The average molecular weight is 262 g/mol. The number of nitrogens with zero attached hydrogens (tertiary/aromatic N) is 4. The van der Waals surface area contributed by atoms with Gasteiger partial charge in [0.15, 0.2) is 0 Å². The van der Waals surface area contributed by atoms with Crippen LogP contribution in [0, 0.1) is 21.4 Å². The number of hydrogen-bond donors (Lipinski definition) is 1. The number of aromatic nitrogens is 1. The first kappa shape index (κ1) is 13.2. The number of nitro groups is 1. The number of anilines is 1. The highest BCUT2D eigenvalue weighted by atomic mass is 16.6. The summed E-state index contributed by atoms with van der Waals surface area (Å²) in [5.74, 6) is 0.396. The molecule has 0 bridgehead atoms. The van der Waals surface area contributed by atoms with Crippen molar-refractivity contribution in [2.45, 2.75) is 25.4 Å². The molecule has 1 aliphatic rings. The summed E-state index contributed by atoms with van der Waals surface area (Å²) in [4.78, 5) is 15.9. The number of β-amino-alcohol motifs (C(OH)–C–C–N with tert-alkyl or cyclic N) is 1. The van der Waals surface area contributed by atoms with Crippen molar-refractivity contribution >= 4 is 11.5 Å². The van der Waals surface area contributed by atoms with Crippen molar-refractivity contribution in [3.63, 3.8) is 0 Å². The van der Waals surface area contributed by atoms with E-state index in [1.807, 2.05) is 6.07 Å². The third-order valence-electron chi connectivity index (χ3n) is 3.16. The largest absolute Gasteiger partial charge is 0.388 e. The third-order valence-corrected chi connectivity index (χ3v) is 3.16. The molecule has 1 aliphatic heterocycles. The Balaban J connectivity index is 2.35. The summed E-state index contributed by atoms with van der Waals surface area (Å²) in [5, 5.41) is 29.8. The normalized spacial score (nSPS) is 22.9. The predicted octanol–water partition coefficient (Wildman–Crippen LogP) is 1.21. The molecule has 0 amide bonds. The van der Waals surface area contributed by atoms with Crippen LogP contribution in [0.5, 0.6) is 0 Å². The standard InChI is InChI=1S/C12H14N4O3/c1-12(17)3-2-4-15(8-12)11-9(6-13)5-10(7-14-11)16(18)19/h5,7,17H,2-4,8H2,1H3. The van der Waals surface area contributed by atoms with Gasteiger partial charge in [0.2, 0.25) is 0 Å². The van der Waals surface area contributed by atoms with E-state index in [1.165, 1.54) is 6.07 Å². The van der Waals surface area contributed by atoms with Crippen LogP contribution in [0.4, 0.5) is 11.5 Å². The highest BCUT2D eigenvalue weighted by Gasteiger charge is 2.30. The van der Waals surface area contributed by atoms with Crippen LogP contribution in [0.25, 0.3) is 0 Å². The SMILES string of the molecule is CC1(O)CCCN(c2ncc([N+](=O)[O-])cc2C#N)C1. The maximum absolute atomic E-state index is 10.7. The Morgan fingerprint density at radius 1 is 1.68 bits per heavy atom. The van der Waals surface area contributed by atoms with Crippen LogP contribution in [0.15, 0.2) is 12.3 Å². The van der Waals surface area contributed by atoms with Gasteiger partial charge in [-0.05, 0) is 19.8 Å². The Morgan fingerprint density at radius 3 is 3.00 bits per heavy atom. The van der Waals surface area contributed by atoms with E-state index in [0.717, 1.165) is 12.6 Å². The molecule has 1 saturated heterocycles. The Kier molecular flexibility index (Phi) is 3.36. The minimum absolute atomic E-state index is 0.159. The molecule has 1 unspecified atom stereocenters. The molecule has 0 aliphatic carbocycles. The Labute approximate surface area is 110 Å². The minimum Gasteiger partial charge on any atom is -0.388 e. The molecule has 0 radical (unpaired) electrons. The predicted molar refractivity (Wildman–Crippen MR) is 67.7 cm³/mol. The monoisotopic (exact) mass is 262 g/mol. The van der Waals surface area contributed by atoms with Gasteiger partial charge >= 0.3 is 0 Å². The van der Waals surface area contributed by atoms with E-state index in [2.05, 4.69) is 4.98 Å². The number of rotatable bonds is 2. The molecule has 1 aromatic rings. The second-order valence-corrected chi connectivity index (χ2v) is 4.96. The fourth-order valence-electron chi connectivity index (χ4n) is 2.28. The highest BCUT2D eigenvalue weighted by molar-refractivity contribution is 5.57. The van der Waals surface area contributed by atoms with Crippen molar-refractivity contribution < 1.29 is 10.0 Å². The van der Waals surface area contributed by atoms with Gasteiger partial charge in [0.1, 0.15) is 23.6 Å². The lowest BCUT2D eigenvalue weighted by molar-refractivity contribution is -0.385. The molecule has 0 saturated carbocycles. The molecule has 100 valence electrons. The van der Waals surface area contributed by atoms with Gasteiger partial charge in [-0.1, -0.05) is 0 Å². The van der Waals surface area contributed by atoms with Gasteiger partial charge in [-0.2, -0.15) is 5.26 Å². The molecule has 7 heteroatoms. The van der Waals surface area contributed by atoms with E-state index in [0.29, 0.717) is 25.3 Å². The fraction of sp³-hybridized carbons (Fsp3) is 0.500. The lowest BCUT2D eigenvalue weighted by Gasteiger charge is -2.37. The zero-order valence-electron chi connectivity index (χ0n) is 10.5. The van der Waals surface area contributed by atoms with E-state index in [-0.39, 0.29) is 11.3 Å². The lowest BCUT2D eigenvalue weighted by Crippen LogP contribution is -2.46. The number of piperidine rings is 1. The van der Waals surface area contributed by atoms with Gasteiger partial charge in [-0.25, -0.2) is 4.98 Å². The highest BCUT2D eigenvalue weighted by Crippen LogP contribution is 2.28. The first-order valence-electron chi connectivity index (χ1n) is 5.95. The van der Waals surface area contributed by atoms with Crippen molar-refractivity contribution in [3.8, 4) is 6.07 Å². The molecule has 0 spiro atoms. The quantitative estimate of drug-likeness (QED) is 0.634. The van der Waals surface area contributed by atoms with Crippen molar-refractivity contribution in [2.24, 2.45) is 0 Å². The van der Waals surface area contributed by atoms with Gasteiger partial charge in [0.25, 0.3) is 5.69 Å². The summed E-state index contributed by atoms with van der Waals surface area (Å²) in [7, 11) is 0. The van der Waals surface area contributed by atoms with Crippen LogP contribution < -0.4 is 4.90 Å². The van der Waals surface area contributed by atoms with Gasteiger partial charge < -0.3 is 10.0 Å². The summed E-state index contributed by atoms with van der Waals surface area (Å²) in [5.41, 5.74) is -0.870. The number of hydrogen-bond acceptors (Lipinski definition) is 6. The smallest absolute Gasteiger partial charge is 0.289 e. The zero-order valence-corrected chi connectivity index (χ0v) is 10.5. The minimum atomic E-state index is -0.825. The summed E-state index contributed by atoms with van der Waals surface area (Å²) in [6, 6.07) is 3.14. The van der Waals surface area contributed by atoms with Gasteiger partial charge in [-0.15, -0.1) is 0 Å². The van der Waals surface area contributed by atoms with E-state index < -0.39 is 10.5 Å². The van der Waals surface area contributed by atoms with Crippen molar-refractivity contribution in [1.29, 1.82) is 5.26 Å². The summed E-state index contributed by atoms with van der Waals surface area (Å²) < 4.78 is 0. The van der Waals surface area contributed by atoms with Crippen LogP contribution in [0.1, 0.15) is 25.3 Å². The molecule has 1 fully saturated rings. The first-order chi connectivity index (χ1) is 8.93. The number of aliphatic hydroxyl groups is 1. The molecule has 0 aromatic carbocycles. The fourth-order valence-corrected chi connectivity index (χ4v) is 2.28. The Morgan fingerprint density at radius 2 is 2.42 bits per heavy atom. The average Bonchev–Trinajstić information content (AvgIpc) is 2.36. The maximum atomic E-state index is 10.7. The summed E-state index contributed by atoms with van der Waals surface area (Å²) in [6.45, 7) is 2.78. The molecular weight excluding hydrogens is 248 g/mol.